The van der Waals surface area contributed by atoms with Crippen LogP contribution in [-0.2, 0) is 11.2 Å². The Balaban J connectivity index is 1.59. The maximum atomic E-state index is 9.32. The number of benzene rings is 1. The first-order valence-electron chi connectivity index (χ1n) is 10.1. The van der Waals surface area contributed by atoms with E-state index in [1.165, 1.54) is 5.56 Å². The number of rotatable bonds is 11. The van der Waals surface area contributed by atoms with E-state index in [0.717, 1.165) is 42.9 Å². The summed E-state index contributed by atoms with van der Waals surface area (Å²) in [6.07, 6.45) is 7.72. The van der Waals surface area contributed by atoms with Crippen molar-refractivity contribution in [3.05, 3.63) is 52.8 Å². The summed E-state index contributed by atoms with van der Waals surface area (Å²) in [4.78, 5) is 4.16. The number of fused-ring (bicyclic) bond motifs is 1. The summed E-state index contributed by atoms with van der Waals surface area (Å²) in [5.74, 6) is 2.52. The van der Waals surface area contributed by atoms with E-state index in [2.05, 4.69) is 23.0 Å². The first-order valence-corrected chi connectivity index (χ1v) is 10.1. The van der Waals surface area contributed by atoms with Gasteiger partial charge in [0.2, 0.25) is 6.79 Å². The molecular formula is C22H29N3O4. The average Bonchev–Trinajstić information content (AvgIpc) is 3.11. The van der Waals surface area contributed by atoms with Gasteiger partial charge in [-0.3, -0.25) is 0 Å². The normalized spacial score (nSPS) is 15.9. The number of aliphatic imine (C=N–C) groups is 1. The molecule has 4 N–H and O–H groups in total. The molecule has 0 saturated carbocycles. The fraction of sp³-hybridized carbons (Fsp3) is 0.455. The molecule has 1 aromatic rings. The highest BCUT2D eigenvalue weighted by Crippen LogP contribution is 2.32. The smallest absolute Gasteiger partial charge is 0.231 e. The van der Waals surface area contributed by atoms with Gasteiger partial charge in [-0.1, -0.05) is 25.1 Å². The number of nitrogens with zero attached hydrogens (tertiary/aromatic N) is 1. The van der Waals surface area contributed by atoms with E-state index in [1.807, 2.05) is 18.2 Å². The lowest BCUT2D eigenvalue weighted by Gasteiger charge is -2.20. The van der Waals surface area contributed by atoms with Crippen molar-refractivity contribution in [1.29, 1.82) is 0 Å². The van der Waals surface area contributed by atoms with Gasteiger partial charge in [-0.15, -0.1) is 0 Å². The number of aliphatic hydroxyl groups excluding tert-OH is 1. The van der Waals surface area contributed by atoms with Crippen LogP contribution in [0.25, 0.3) is 0 Å². The SMILES string of the molecule is CCC[C@@H](CCO)NC1=C(OCCCc2ccc3c(c2)OCO3)C=NC(N)=C=C1. The van der Waals surface area contributed by atoms with E-state index < -0.39 is 0 Å². The van der Waals surface area contributed by atoms with Gasteiger partial charge in [0.25, 0.3) is 0 Å². The van der Waals surface area contributed by atoms with Gasteiger partial charge in [0, 0.05) is 18.7 Å². The lowest BCUT2D eigenvalue weighted by Crippen LogP contribution is -2.30. The van der Waals surface area contributed by atoms with Gasteiger partial charge in [-0.05, 0) is 43.4 Å². The second-order valence-corrected chi connectivity index (χ2v) is 6.99. The molecule has 0 spiro atoms. The van der Waals surface area contributed by atoms with Crippen molar-refractivity contribution in [2.45, 2.75) is 45.1 Å². The minimum absolute atomic E-state index is 0.131. The lowest BCUT2D eigenvalue weighted by atomic mass is 10.1. The van der Waals surface area contributed by atoms with Crippen LogP contribution >= 0.6 is 0 Å². The minimum atomic E-state index is 0.131. The van der Waals surface area contributed by atoms with Crippen LogP contribution in [-0.4, -0.2) is 37.4 Å². The molecule has 0 unspecified atom stereocenters. The third kappa shape index (κ3) is 6.04. The molecule has 156 valence electrons. The number of hydrogen-bond acceptors (Lipinski definition) is 7. The Morgan fingerprint density at radius 3 is 3.00 bits per heavy atom. The summed E-state index contributed by atoms with van der Waals surface area (Å²) in [7, 11) is 0. The molecule has 0 fully saturated rings. The Labute approximate surface area is 171 Å². The number of aliphatic hydroxyl groups is 1. The average molecular weight is 399 g/mol. The topological polar surface area (TPSA) is 98.3 Å². The molecule has 29 heavy (non-hydrogen) atoms. The molecule has 0 aromatic heterocycles. The zero-order valence-corrected chi connectivity index (χ0v) is 16.8. The standard InChI is InChI=1S/C22H29N3O4/c1-2-4-17(10-11-26)25-18-7-9-22(23)24-14-21(18)27-12-3-5-16-6-8-19-20(13-16)29-15-28-19/h6-8,13-14,17,25-26H,2-5,10-12,15,23H2,1H3/t17-/m0/s1. The molecule has 0 amide bonds. The fourth-order valence-electron chi connectivity index (χ4n) is 3.25. The minimum Gasteiger partial charge on any atom is -0.490 e. The monoisotopic (exact) mass is 399 g/mol. The van der Waals surface area contributed by atoms with Crippen LogP contribution < -0.4 is 20.5 Å². The van der Waals surface area contributed by atoms with E-state index >= 15 is 0 Å². The maximum absolute atomic E-state index is 9.32. The van der Waals surface area contributed by atoms with Crippen molar-refractivity contribution in [2.75, 3.05) is 20.0 Å². The zero-order valence-electron chi connectivity index (χ0n) is 16.8. The number of hydrogen-bond donors (Lipinski definition) is 3. The number of nitrogens with one attached hydrogen (secondary N) is 1. The summed E-state index contributed by atoms with van der Waals surface area (Å²) in [5, 5.41) is 12.8. The van der Waals surface area contributed by atoms with Gasteiger partial charge in [0.15, 0.2) is 23.1 Å². The summed E-state index contributed by atoms with van der Waals surface area (Å²) in [6, 6.07) is 6.15. The highest BCUT2D eigenvalue weighted by molar-refractivity contribution is 5.79. The number of allylic oxidation sites excluding steroid dienone is 2. The summed E-state index contributed by atoms with van der Waals surface area (Å²) in [6.45, 7) is 3.07. The summed E-state index contributed by atoms with van der Waals surface area (Å²) in [5.41, 5.74) is 10.7. The number of nitrogens with two attached hydrogens (primary N) is 1. The molecule has 0 saturated heterocycles. The van der Waals surface area contributed by atoms with E-state index in [4.69, 9.17) is 19.9 Å². The molecule has 7 heteroatoms. The molecule has 3 rings (SSSR count). The van der Waals surface area contributed by atoms with Gasteiger partial charge in [0.1, 0.15) is 0 Å². The predicted octanol–water partition coefficient (Wildman–Crippen LogP) is 2.76. The van der Waals surface area contributed by atoms with E-state index in [9.17, 15) is 5.11 Å². The third-order valence-corrected chi connectivity index (χ3v) is 4.73. The van der Waals surface area contributed by atoms with Crippen molar-refractivity contribution in [2.24, 2.45) is 10.7 Å². The Bertz CT molecular complexity index is 819. The highest BCUT2D eigenvalue weighted by Gasteiger charge is 2.14. The molecule has 0 aliphatic carbocycles. The highest BCUT2D eigenvalue weighted by atomic mass is 16.7. The van der Waals surface area contributed by atoms with Gasteiger partial charge < -0.3 is 30.4 Å². The van der Waals surface area contributed by atoms with Crippen LogP contribution in [0.15, 0.2) is 52.3 Å². The van der Waals surface area contributed by atoms with Crippen LogP contribution in [0.1, 0.15) is 38.2 Å². The first kappa shape index (κ1) is 20.8. The Morgan fingerprint density at radius 2 is 2.17 bits per heavy atom. The van der Waals surface area contributed by atoms with Crippen molar-refractivity contribution in [3.63, 3.8) is 0 Å². The van der Waals surface area contributed by atoms with Crippen LogP contribution in [0.5, 0.6) is 11.5 Å². The van der Waals surface area contributed by atoms with Gasteiger partial charge in [0.05, 0.1) is 18.5 Å². The van der Waals surface area contributed by atoms with Gasteiger partial charge in [-0.25, -0.2) is 4.99 Å². The second kappa shape index (κ2) is 10.6. The molecular weight excluding hydrogens is 370 g/mol. The fourth-order valence-corrected chi connectivity index (χ4v) is 3.25. The van der Waals surface area contributed by atoms with Crippen LogP contribution in [0.2, 0.25) is 0 Å². The van der Waals surface area contributed by atoms with E-state index in [1.54, 1.807) is 12.3 Å². The molecule has 2 aliphatic rings. The van der Waals surface area contributed by atoms with Crippen molar-refractivity contribution < 1.29 is 19.3 Å². The second-order valence-electron chi connectivity index (χ2n) is 6.99. The molecule has 0 bridgehead atoms. The molecule has 0 radical (unpaired) electrons. The quantitative estimate of drug-likeness (QED) is 0.391. The summed E-state index contributed by atoms with van der Waals surface area (Å²) < 4.78 is 16.8. The van der Waals surface area contributed by atoms with Crippen molar-refractivity contribution >= 4 is 6.21 Å². The Hall–Kier alpha value is -2.89. The molecule has 2 heterocycles. The third-order valence-electron chi connectivity index (χ3n) is 4.73. The largest absolute Gasteiger partial charge is 0.490 e. The zero-order chi connectivity index (χ0) is 20.5. The summed E-state index contributed by atoms with van der Waals surface area (Å²) >= 11 is 0. The maximum Gasteiger partial charge on any atom is 0.231 e. The van der Waals surface area contributed by atoms with E-state index in [0.29, 0.717) is 24.6 Å². The van der Waals surface area contributed by atoms with Crippen LogP contribution in [0, 0.1) is 0 Å². The first-order chi connectivity index (χ1) is 14.2. The van der Waals surface area contributed by atoms with Crippen LogP contribution in [0.3, 0.4) is 0 Å². The van der Waals surface area contributed by atoms with E-state index in [-0.39, 0.29) is 19.4 Å². The van der Waals surface area contributed by atoms with Crippen LogP contribution in [0.4, 0.5) is 0 Å². The molecule has 2 aliphatic heterocycles. The van der Waals surface area contributed by atoms with Gasteiger partial charge in [-0.2, -0.15) is 0 Å². The van der Waals surface area contributed by atoms with Crippen molar-refractivity contribution in [3.8, 4) is 11.5 Å². The molecule has 1 atom stereocenters. The Kier molecular flexibility index (Phi) is 7.61. The molecule has 7 nitrogen and oxygen atoms in total. The Morgan fingerprint density at radius 1 is 1.31 bits per heavy atom. The number of ether oxygens (including phenoxy) is 3. The lowest BCUT2D eigenvalue weighted by molar-refractivity contribution is 0.174. The predicted molar refractivity (Wildman–Crippen MR) is 112 cm³/mol. The van der Waals surface area contributed by atoms with Gasteiger partial charge >= 0.3 is 0 Å². The number of aryl methyl sites for hydroxylation is 1. The van der Waals surface area contributed by atoms with Crippen molar-refractivity contribution in [1.82, 2.24) is 5.32 Å². The molecule has 1 aromatic carbocycles.